The van der Waals surface area contributed by atoms with E-state index in [1.54, 1.807) is 0 Å². The van der Waals surface area contributed by atoms with Crippen molar-refractivity contribution in [2.45, 2.75) is 20.8 Å². The van der Waals surface area contributed by atoms with Crippen LogP contribution in [-0.4, -0.2) is 9.97 Å². The number of aryl methyl sites for hydroxylation is 3. The van der Waals surface area contributed by atoms with E-state index in [2.05, 4.69) is 68.6 Å². The van der Waals surface area contributed by atoms with E-state index in [9.17, 15) is 0 Å². The highest BCUT2D eigenvalue weighted by Crippen LogP contribution is 2.23. The molecule has 0 aliphatic rings. The van der Waals surface area contributed by atoms with E-state index in [1.807, 2.05) is 37.3 Å². The molecule has 2 N–H and O–H groups in total. The normalized spacial score (nSPS) is 10.5. The summed E-state index contributed by atoms with van der Waals surface area (Å²) >= 11 is 3.47. The number of nitrogens with one attached hydrogen (secondary N) is 2. The first-order valence-electron chi connectivity index (χ1n) is 7.72. The Morgan fingerprint density at radius 1 is 0.875 bits per heavy atom. The smallest absolute Gasteiger partial charge is 0.229 e. The Balaban J connectivity index is 1.86. The molecule has 1 heterocycles. The van der Waals surface area contributed by atoms with Crippen molar-refractivity contribution >= 4 is 39.1 Å². The van der Waals surface area contributed by atoms with E-state index < -0.39 is 0 Å². The maximum absolute atomic E-state index is 4.57. The largest absolute Gasteiger partial charge is 0.340 e. The van der Waals surface area contributed by atoms with Gasteiger partial charge in [-0.15, -0.1) is 0 Å². The van der Waals surface area contributed by atoms with Gasteiger partial charge in [-0.25, -0.2) is 4.98 Å². The molecule has 3 rings (SSSR count). The average molecular weight is 383 g/mol. The Morgan fingerprint density at radius 2 is 1.71 bits per heavy atom. The fourth-order valence-corrected chi connectivity index (χ4v) is 2.87. The highest BCUT2D eigenvalue weighted by atomic mass is 79.9. The monoisotopic (exact) mass is 382 g/mol. The molecule has 4 nitrogen and oxygen atoms in total. The zero-order valence-corrected chi connectivity index (χ0v) is 15.5. The summed E-state index contributed by atoms with van der Waals surface area (Å²) in [7, 11) is 0. The number of hydrogen-bond acceptors (Lipinski definition) is 4. The van der Waals surface area contributed by atoms with Gasteiger partial charge in [0.1, 0.15) is 5.82 Å². The summed E-state index contributed by atoms with van der Waals surface area (Å²) in [6.45, 7) is 6.14. The maximum atomic E-state index is 4.57. The zero-order valence-electron chi connectivity index (χ0n) is 13.9. The van der Waals surface area contributed by atoms with Crippen LogP contribution in [0.15, 0.2) is 53.0 Å². The van der Waals surface area contributed by atoms with Gasteiger partial charge in [-0.05, 0) is 50.6 Å². The maximum Gasteiger partial charge on any atom is 0.229 e. The second-order valence-electron chi connectivity index (χ2n) is 5.80. The minimum absolute atomic E-state index is 0.570. The fourth-order valence-electron chi connectivity index (χ4n) is 2.48. The minimum atomic E-state index is 0.570. The molecule has 5 heteroatoms. The molecule has 24 heavy (non-hydrogen) atoms. The van der Waals surface area contributed by atoms with Gasteiger partial charge in [0, 0.05) is 27.6 Å². The number of nitrogens with zero attached hydrogens (tertiary/aromatic N) is 2. The lowest BCUT2D eigenvalue weighted by molar-refractivity contribution is 1.11. The summed E-state index contributed by atoms with van der Waals surface area (Å²) in [5.74, 6) is 1.34. The average Bonchev–Trinajstić information content (AvgIpc) is 2.49. The third-order valence-corrected chi connectivity index (χ3v) is 4.07. The van der Waals surface area contributed by atoms with Gasteiger partial charge in [0.05, 0.1) is 0 Å². The van der Waals surface area contributed by atoms with E-state index in [0.29, 0.717) is 5.95 Å². The third-order valence-electron chi connectivity index (χ3n) is 3.58. The van der Waals surface area contributed by atoms with Crippen molar-refractivity contribution in [3.8, 4) is 0 Å². The molecule has 3 aromatic rings. The van der Waals surface area contributed by atoms with Crippen molar-refractivity contribution in [2.75, 3.05) is 10.6 Å². The molecule has 0 unspecified atom stereocenters. The Bertz CT molecular complexity index is 877. The van der Waals surface area contributed by atoms with Gasteiger partial charge in [0.2, 0.25) is 5.95 Å². The predicted molar refractivity (Wildman–Crippen MR) is 103 cm³/mol. The van der Waals surface area contributed by atoms with E-state index in [4.69, 9.17) is 0 Å². The lowest BCUT2D eigenvalue weighted by Gasteiger charge is -2.12. The van der Waals surface area contributed by atoms with Crippen molar-refractivity contribution in [3.63, 3.8) is 0 Å². The van der Waals surface area contributed by atoms with Crippen molar-refractivity contribution in [1.82, 2.24) is 9.97 Å². The topological polar surface area (TPSA) is 49.8 Å². The number of aromatic nitrogens is 2. The van der Waals surface area contributed by atoms with Crippen LogP contribution in [0, 0.1) is 20.8 Å². The van der Waals surface area contributed by atoms with Crippen LogP contribution in [0.4, 0.5) is 23.1 Å². The molecule has 0 aliphatic heterocycles. The van der Waals surface area contributed by atoms with Crippen molar-refractivity contribution in [2.24, 2.45) is 0 Å². The molecule has 0 amide bonds. The van der Waals surface area contributed by atoms with Crippen LogP contribution >= 0.6 is 15.9 Å². The molecule has 2 aromatic carbocycles. The van der Waals surface area contributed by atoms with Crippen LogP contribution < -0.4 is 10.6 Å². The van der Waals surface area contributed by atoms with Crippen molar-refractivity contribution in [3.05, 3.63) is 69.8 Å². The van der Waals surface area contributed by atoms with Crippen LogP contribution in [0.25, 0.3) is 0 Å². The van der Waals surface area contributed by atoms with E-state index >= 15 is 0 Å². The quantitative estimate of drug-likeness (QED) is 0.611. The molecular formula is C19H19BrN4. The van der Waals surface area contributed by atoms with Crippen LogP contribution in [0.1, 0.15) is 16.8 Å². The minimum Gasteiger partial charge on any atom is -0.340 e. The Hall–Kier alpha value is -2.40. The Kier molecular flexibility index (Phi) is 4.81. The van der Waals surface area contributed by atoms with E-state index in [0.717, 1.165) is 27.4 Å². The molecular weight excluding hydrogens is 364 g/mol. The summed E-state index contributed by atoms with van der Waals surface area (Å²) < 4.78 is 1.01. The molecule has 0 radical (unpaired) electrons. The molecule has 0 saturated heterocycles. The molecule has 0 saturated carbocycles. The molecule has 0 bridgehead atoms. The van der Waals surface area contributed by atoms with Gasteiger partial charge in [0.15, 0.2) is 0 Å². The van der Waals surface area contributed by atoms with Gasteiger partial charge in [-0.1, -0.05) is 39.7 Å². The highest BCUT2D eigenvalue weighted by molar-refractivity contribution is 9.10. The molecule has 1 aromatic heterocycles. The summed E-state index contributed by atoms with van der Waals surface area (Å²) in [6, 6.07) is 16.2. The second-order valence-corrected chi connectivity index (χ2v) is 6.71. The van der Waals surface area contributed by atoms with Crippen molar-refractivity contribution in [1.29, 1.82) is 0 Å². The summed E-state index contributed by atoms with van der Waals surface area (Å²) in [5.41, 5.74) is 5.32. The Labute approximate surface area is 150 Å². The van der Waals surface area contributed by atoms with Gasteiger partial charge < -0.3 is 10.6 Å². The lowest BCUT2D eigenvalue weighted by atomic mass is 10.1. The molecule has 0 aliphatic carbocycles. The fraction of sp³-hybridized carbons (Fsp3) is 0.158. The number of anilines is 4. The number of rotatable bonds is 4. The van der Waals surface area contributed by atoms with Crippen LogP contribution in [0.2, 0.25) is 0 Å². The van der Waals surface area contributed by atoms with Gasteiger partial charge in [-0.3, -0.25) is 0 Å². The molecule has 0 spiro atoms. The SMILES string of the molecule is Cc1ccc(Nc2cc(C)nc(Nc3cccc(Br)c3)n2)c(C)c1. The van der Waals surface area contributed by atoms with E-state index in [-0.39, 0.29) is 0 Å². The summed E-state index contributed by atoms with van der Waals surface area (Å²) in [5, 5.41) is 6.62. The number of halogens is 1. The lowest BCUT2D eigenvalue weighted by Crippen LogP contribution is -2.03. The van der Waals surface area contributed by atoms with Gasteiger partial charge in [-0.2, -0.15) is 4.98 Å². The molecule has 0 atom stereocenters. The van der Waals surface area contributed by atoms with Crippen LogP contribution in [0.3, 0.4) is 0 Å². The predicted octanol–water partition coefficient (Wildman–Crippen LogP) is 5.65. The number of benzene rings is 2. The first kappa shape index (κ1) is 16.5. The third kappa shape index (κ3) is 4.11. The van der Waals surface area contributed by atoms with E-state index in [1.165, 1.54) is 11.1 Å². The highest BCUT2D eigenvalue weighted by Gasteiger charge is 2.05. The summed E-state index contributed by atoms with van der Waals surface area (Å²) in [6.07, 6.45) is 0. The van der Waals surface area contributed by atoms with Gasteiger partial charge in [0.25, 0.3) is 0 Å². The van der Waals surface area contributed by atoms with Crippen molar-refractivity contribution < 1.29 is 0 Å². The standard InChI is InChI=1S/C19H19BrN4/c1-12-7-8-17(13(2)9-12)23-18-10-14(3)21-19(24-18)22-16-6-4-5-15(20)11-16/h4-11H,1-3H3,(H2,21,22,23,24). The van der Waals surface area contributed by atoms with Gasteiger partial charge >= 0.3 is 0 Å². The summed E-state index contributed by atoms with van der Waals surface area (Å²) in [4.78, 5) is 9.03. The first-order valence-corrected chi connectivity index (χ1v) is 8.51. The number of hydrogen-bond donors (Lipinski definition) is 2. The van der Waals surface area contributed by atoms with Crippen LogP contribution in [-0.2, 0) is 0 Å². The first-order chi connectivity index (χ1) is 11.5. The zero-order chi connectivity index (χ0) is 17.1. The molecule has 122 valence electrons. The van der Waals surface area contributed by atoms with Crippen LogP contribution in [0.5, 0.6) is 0 Å². The molecule has 0 fully saturated rings. The Morgan fingerprint density at radius 3 is 2.46 bits per heavy atom. The second kappa shape index (κ2) is 7.01.